The Morgan fingerprint density at radius 1 is 0.314 bits per heavy atom. The molecule has 4 aliphatic rings. The summed E-state index contributed by atoms with van der Waals surface area (Å²) in [6.45, 7) is 61.5. The van der Waals surface area contributed by atoms with E-state index < -0.39 is 0 Å². The molecule has 0 radical (unpaired) electrons. The predicted octanol–water partition coefficient (Wildman–Crippen LogP) is 27.1. The minimum absolute atomic E-state index is 0.350. The van der Waals surface area contributed by atoms with Crippen molar-refractivity contribution >= 4 is 45.0 Å². The van der Waals surface area contributed by atoms with E-state index in [2.05, 4.69) is 352 Å². The van der Waals surface area contributed by atoms with Gasteiger partial charge in [-0.25, -0.2) is 0 Å². The van der Waals surface area contributed by atoms with E-state index in [0.717, 1.165) is 0 Å². The molecule has 14 rings (SSSR count). The molecule has 2 aromatic heterocycles. The fourth-order valence-corrected chi connectivity index (χ4v) is 11.8. The van der Waals surface area contributed by atoms with Gasteiger partial charge in [0.2, 0.25) is 11.2 Å². The first-order valence-electron chi connectivity index (χ1n) is 40.0. The third-order valence-corrected chi connectivity index (χ3v) is 16.9. The Bertz CT molecular complexity index is 3970. The summed E-state index contributed by atoms with van der Waals surface area (Å²) in [5, 5.41) is 1.28. The summed E-state index contributed by atoms with van der Waals surface area (Å²) in [7, 11) is 10.6. The molecule has 4 aliphatic heterocycles. The Morgan fingerprint density at radius 2 is 0.733 bits per heavy atom. The predicted molar refractivity (Wildman–Crippen MR) is 474 cm³/mol. The summed E-state index contributed by atoms with van der Waals surface area (Å²) in [6, 6.07) is 72.7. The normalized spacial score (nSPS) is 13.3. The molecule has 8 aromatic carbocycles. The highest BCUT2D eigenvalue weighted by Gasteiger charge is 2.36. The van der Waals surface area contributed by atoms with Gasteiger partial charge in [0.1, 0.15) is 31.2 Å². The van der Waals surface area contributed by atoms with Gasteiger partial charge in [0.15, 0.2) is 13.2 Å². The van der Waals surface area contributed by atoms with Crippen LogP contribution in [0.25, 0.3) is 44.7 Å². The fraction of sp³-hybridized carbons (Fsp3) is 0.396. The average molecular weight is 1430 g/mol. The minimum atomic E-state index is 0.350. The summed E-state index contributed by atoms with van der Waals surface area (Å²) >= 11 is 0. The van der Waals surface area contributed by atoms with E-state index in [1.54, 1.807) is 0 Å². The monoisotopic (exact) mass is 1430 g/mol. The van der Waals surface area contributed by atoms with Gasteiger partial charge in [-0.05, 0) is 137 Å². The van der Waals surface area contributed by atoms with Crippen molar-refractivity contribution < 1.29 is 9.25 Å². The highest BCUT2D eigenvalue weighted by atomic mass is 15.4. The fourth-order valence-electron chi connectivity index (χ4n) is 11.8. The van der Waals surface area contributed by atoms with Gasteiger partial charge in [0, 0.05) is 91.4 Å². The highest BCUT2D eigenvalue weighted by molar-refractivity contribution is 6.01. The Balaban J connectivity index is 0. The summed E-state index contributed by atoms with van der Waals surface area (Å²) in [5.74, 6) is 0. The molecule has 9 nitrogen and oxygen atoms in total. The van der Waals surface area contributed by atoms with Gasteiger partial charge in [-0.15, -0.1) is 9.36 Å². The zero-order valence-electron chi connectivity index (χ0n) is 72.8. The van der Waals surface area contributed by atoms with Crippen LogP contribution >= 0.6 is 0 Å². The molecule has 0 saturated carbocycles. The maximum Gasteiger partial charge on any atom is 0.213 e. The van der Waals surface area contributed by atoms with E-state index in [9.17, 15) is 0 Å². The number of fused-ring (bicyclic) bond motifs is 8. The number of nitrogens with zero attached hydrogens (tertiary/aromatic N) is 9. The largest absolute Gasteiger partial charge is 0.359 e. The summed E-state index contributed by atoms with van der Waals surface area (Å²) in [6.07, 6.45) is 11.7. The van der Waals surface area contributed by atoms with Crippen molar-refractivity contribution in [3.8, 4) is 28.1 Å². The molecule has 9 heteroatoms. The van der Waals surface area contributed by atoms with E-state index in [4.69, 9.17) is 0 Å². The van der Waals surface area contributed by atoms with E-state index in [1.807, 2.05) is 172 Å². The number of anilines is 5. The molecule has 0 fully saturated rings. The van der Waals surface area contributed by atoms with Crippen LogP contribution in [0, 0.1) is 34.6 Å². The SMILES string of the molecule is CC.CC.CC.CC.CC.CC.CC.CC.CC.CC.CC.Cc1cccc2c1N1C(=CN(C)[C@@H]1C)c1ccccc1-2.Cc1ccccc1-c1ccc2ccccc2[n+]1C.Cc1ccccc1-n1ccc[n+]1C.Cc1ccccc1N1C=CN(C)[C@@H]1C.Cc1ccccc1N1c2ccccc2N(C)[C@@H]1C. The zero-order chi connectivity index (χ0) is 80.5. The van der Waals surface area contributed by atoms with Crippen LogP contribution in [-0.4, -0.2) is 54.1 Å². The quantitative estimate of drug-likeness (QED) is 0.163. The maximum atomic E-state index is 2.47. The number of aryl methyl sites for hydroxylation is 7. The number of pyridine rings is 1. The molecule has 574 valence electrons. The first kappa shape index (κ1) is 97.7. The van der Waals surface area contributed by atoms with E-state index in [0.29, 0.717) is 18.5 Å². The van der Waals surface area contributed by atoms with Crippen molar-refractivity contribution in [3.63, 3.8) is 0 Å². The first-order valence-corrected chi connectivity index (χ1v) is 40.0. The van der Waals surface area contributed by atoms with Gasteiger partial charge in [-0.2, -0.15) is 4.57 Å². The first-order chi connectivity index (χ1) is 51.1. The van der Waals surface area contributed by atoms with Gasteiger partial charge in [-0.3, -0.25) is 0 Å². The van der Waals surface area contributed by atoms with Crippen LogP contribution < -0.4 is 28.8 Å². The molecule has 10 aromatic rings. The standard InChI is InChI=1S/C18H18N2.C17H16N.C16H18N2.C12H16N2.C11H13N2.11C2H6/c1-12-7-6-10-16-14-8-4-5-9-15(14)17-11-19(3)13(2)20(17)18(12)16;1-13-7-3-5-9-15(13)17-12-11-14-8-4-6-10-16(14)18(17)2;1-12-8-4-5-9-14(12)18-13(2)17(3)15-10-6-7-11-16(15)18;1-10-6-4-5-7-12(10)14-9-8-13(3)11(14)2;1-10-6-3-4-7-11(10)13-9-5-8-12(13)2;11*1-2/h4-11,13H,1-3H3;3-12H,1-2H3;4-11,13H,1-3H3;4-9,11H,1-3H3;3-9H,1-2H3;11*1-2H3/q;+1;;;+1;;;;;;;;;;;/t13-;;13-;11-;;;;;;;;;;;;/m0.00............/s1. The molecule has 0 N–H and O–H groups in total. The number of para-hydroxylation sites is 7. The van der Waals surface area contributed by atoms with Gasteiger partial charge >= 0.3 is 0 Å². The van der Waals surface area contributed by atoms with E-state index >= 15 is 0 Å². The van der Waals surface area contributed by atoms with E-state index in [1.165, 1.54) is 106 Å². The van der Waals surface area contributed by atoms with Crippen LogP contribution in [-0.2, 0) is 14.1 Å². The molecular formula is C96H147N9+2. The number of benzene rings is 8. The number of aromatic nitrogens is 3. The van der Waals surface area contributed by atoms with E-state index in [-0.39, 0.29) is 0 Å². The molecule has 0 spiro atoms. The van der Waals surface area contributed by atoms with Crippen LogP contribution in [0.1, 0.15) is 206 Å². The lowest BCUT2D eigenvalue weighted by Gasteiger charge is -2.36. The lowest BCUT2D eigenvalue weighted by Crippen LogP contribution is -2.36. The molecule has 0 bridgehead atoms. The Hall–Kier alpha value is -9.34. The van der Waals surface area contributed by atoms with Crippen molar-refractivity contribution in [2.45, 2.75) is 226 Å². The van der Waals surface area contributed by atoms with Gasteiger partial charge in [0.05, 0.1) is 29.0 Å². The summed E-state index contributed by atoms with van der Waals surface area (Å²) in [5.41, 5.74) is 23.5. The van der Waals surface area contributed by atoms with Crippen molar-refractivity contribution in [1.29, 1.82) is 0 Å². The maximum absolute atomic E-state index is 2.47. The van der Waals surface area contributed by atoms with Crippen LogP contribution in [0.2, 0.25) is 0 Å². The smallest absolute Gasteiger partial charge is 0.213 e. The second-order valence-electron chi connectivity index (χ2n) is 22.2. The summed E-state index contributed by atoms with van der Waals surface area (Å²) < 4.78 is 6.44. The highest BCUT2D eigenvalue weighted by Crippen LogP contribution is 2.49. The Labute approximate surface area is 644 Å². The van der Waals surface area contributed by atoms with Crippen molar-refractivity contribution in [1.82, 2.24) is 14.5 Å². The van der Waals surface area contributed by atoms with Crippen molar-refractivity contribution in [3.05, 3.63) is 271 Å². The second kappa shape index (κ2) is 55.2. The van der Waals surface area contributed by atoms with Gasteiger partial charge in [0.25, 0.3) is 0 Å². The van der Waals surface area contributed by atoms with Crippen LogP contribution in [0.15, 0.2) is 237 Å². The molecule has 6 heterocycles. The third-order valence-electron chi connectivity index (χ3n) is 16.9. The molecule has 3 atom stereocenters. The average Bonchev–Trinajstić information content (AvgIpc) is 1.66. The second-order valence-corrected chi connectivity index (χ2v) is 22.2. The molecule has 0 saturated heterocycles. The Morgan fingerprint density at radius 3 is 1.22 bits per heavy atom. The van der Waals surface area contributed by atoms with Crippen LogP contribution in [0.3, 0.4) is 0 Å². The molecule has 0 unspecified atom stereocenters. The van der Waals surface area contributed by atoms with Crippen molar-refractivity contribution in [2.75, 3.05) is 40.7 Å². The number of rotatable bonds is 4. The molecule has 0 aliphatic carbocycles. The number of hydrogen-bond acceptors (Lipinski definition) is 6. The summed E-state index contributed by atoms with van der Waals surface area (Å²) in [4.78, 5) is 14.0. The van der Waals surface area contributed by atoms with Crippen LogP contribution in [0.5, 0.6) is 0 Å². The molecule has 105 heavy (non-hydrogen) atoms. The topological polar surface area (TPSA) is 32.1 Å². The number of hydrogen-bond donors (Lipinski definition) is 0. The van der Waals surface area contributed by atoms with Crippen LogP contribution in [0.4, 0.5) is 28.4 Å². The molecule has 0 amide bonds. The minimum Gasteiger partial charge on any atom is -0.359 e. The van der Waals surface area contributed by atoms with Crippen molar-refractivity contribution in [2.24, 2.45) is 14.1 Å². The Kier molecular flexibility index (Phi) is 51.4. The lowest BCUT2D eigenvalue weighted by atomic mass is 9.90. The van der Waals surface area contributed by atoms with Gasteiger partial charge < -0.3 is 29.4 Å². The molecular weight excluding hydrogens is 1280 g/mol. The van der Waals surface area contributed by atoms with Gasteiger partial charge in [-0.1, -0.05) is 292 Å². The third kappa shape index (κ3) is 25.7. The zero-order valence-corrected chi connectivity index (χ0v) is 72.8. The lowest BCUT2D eigenvalue weighted by molar-refractivity contribution is -0.744.